The molecule has 158 valence electrons. The van der Waals surface area contributed by atoms with Gasteiger partial charge in [0.2, 0.25) is 0 Å². The highest BCUT2D eigenvalue weighted by Crippen LogP contribution is 2.29. The molecule has 1 saturated heterocycles. The number of carbonyl (C=O) groups is 2. The molecule has 2 aliphatic heterocycles. The maximum atomic E-state index is 12.4. The number of amides is 2. The van der Waals surface area contributed by atoms with Gasteiger partial charge in [0.15, 0.2) is 6.04 Å². The standard InChI is InChI=1S/C18H25BrN6O4/c1-21-4-9-28-18(27)25-7-5-24(6-8-25)12-2-3-13(19)14(10-12)22-16(26)15-11-29-17(20)23-15/h2-3,10,15,21H,4-9,11H2,1H3,(H2,20,23)(H,22,26). The minimum Gasteiger partial charge on any atom is -0.463 e. The van der Waals surface area contributed by atoms with Crippen molar-refractivity contribution in [1.29, 1.82) is 0 Å². The van der Waals surface area contributed by atoms with E-state index in [-0.39, 0.29) is 24.6 Å². The molecule has 1 aromatic rings. The molecule has 3 rings (SSSR count). The van der Waals surface area contributed by atoms with Gasteiger partial charge in [-0.1, -0.05) is 0 Å². The van der Waals surface area contributed by atoms with Gasteiger partial charge in [0.1, 0.15) is 13.2 Å². The normalized spacial score (nSPS) is 18.8. The molecule has 10 nitrogen and oxygen atoms in total. The SMILES string of the molecule is CNCCOC(=O)N1CCN(c2ccc(Br)c(NC(=O)C3COC(N)=N3)c2)CC1. The fraction of sp³-hybridized carbons (Fsp3) is 0.500. The fourth-order valence-electron chi connectivity index (χ4n) is 3.03. The van der Waals surface area contributed by atoms with Crippen molar-refractivity contribution < 1.29 is 19.1 Å². The fourth-order valence-corrected chi connectivity index (χ4v) is 3.37. The van der Waals surface area contributed by atoms with Crippen LogP contribution >= 0.6 is 15.9 Å². The van der Waals surface area contributed by atoms with Crippen LogP contribution in [0.1, 0.15) is 0 Å². The molecule has 11 heteroatoms. The van der Waals surface area contributed by atoms with Crippen molar-refractivity contribution >= 4 is 45.3 Å². The van der Waals surface area contributed by atoms with Crippen LogP contribution in [0.3, 0.4) is 0 Å². The van der Waals surface area contributed by atoms with E-state index >= 15 is 0 Å². The first-order chi connectivity index (χ1) is 14.0. The van der Waals surface area contributed by atoms with Crippen LogP contribution in [-0.2, 0) is 14.3 Å². The number of anilines is 2. The summed E-state index contributed by atoms with van der Waals surface area (Å²) in [6, 6.07) is 5.12. The molecule has 0 aliphatic carbocycles. The van der Waals surface area contributed by atoms with Gasteiger partial charge < -0.3 is 35.6 Å². The number of nitrogens with two attached hydrogens (primary N) is 1. The lowest BCUT2D eigenvalue weighted by Gasteiger charge is -2.35. The van der Waals surface area contributed by atoms with E-state index in [4.69, 9.17) is 15.2 Å². The zero-order chi connectivity index (χ0) is 20.8. The van der Waals surface area contributed by atoms with E-state index in [0.29, 0.717) is 45.0 Å². The summed E-state index contributed by atoms with van der Waals surface area (Å²) in [6.07, 6.45) is -0.290. The minimum atomic E-state index is -0.650. The summed E-state index contributed by atoms with van der Waals surface area (Å²) in [7, 11) is 1.81. The van der Waals surface area contributed by atoms with Crippen LogP contribution in [0.5, 0.6) is 0 Å². The van der Waals surface area contributed by atoms with Crippen molar-refractivity contribution in [2.75, 3.05) is 63.2 Å². The van der Waals surface area contributed by atoms with Gasteiger partial charge in [-0.3, -0.25) is 4.79 Å². The highest BCUT2D eigenvalue weighted by Gasteiger charge is 2.26. The largest absolute Gasteiger partial charge is 0.463 e. The zero-order valence-corrected chi connectivity index (χ0v) is 17.8. The molecule has 29 heavy (non-hydrogen) atoms. The number of rotatable bonds is 6. The Morgan fingerprint density at radius 3 is 2.76 bits per heavy atom. The number of hydrogen-bond donors (Lipinski definition) is 3. The van der Waals surface area contributed by atoms with Gasteiger partial charge in [-0.25, -0.2) is 9.79 Å². The highest BCUT2D eigenvalue weighted by molar-refractivity contribution is 9.10. The molecule has 1 fully saturated rings. The topological polar surface area (TPSA) is 122 Å². The van der Waals surface area contributed by atoms with Gasteiger partial charge in [0.25, 0.3) is 11.9 Å². The van der Waals surface area contributed by atoms with Crippen LogP contribution < -0.4 is 21.3 Å². The predicted molar refractivity (Wildman–Crippen MR) is 113 cm³/mol. The van der Waals surface area contributed by atoms with E-state index in [1.54, 1.807) is 4.90 Å². The first kappa shape index (κ1) is 21.2. The summed E-state index contributed by atoms with van der Waals surface area (Å²) in [6.45, 7) is 3.62. The molecular weight excluding hydrogens is 444 g/mol. The van der Waals surface area contributed by atoms with E-state index < -0.39 is 6.04 Å². The van der Waals surface area contributed by atoms with Crippen LogP contribution in [0.15, 0.2) is 27.7 Å². The van der Waals surface area contributed by atoms with Gasteiger partial charge in [-0.2, -0.15) is 0 Å². The lowest BCUT2D eigenvalue weighted by molar-refractivity contribution is -0.117. The van der Waals surface area contributed by atoms with Crippen molar-refractivity contribution in [3.05, 3.63) is 22.7 Å². The predicted octanol–water partition coefficient (Wildman–Crippen LogP) is 0.579. The molecule has 2 aliphatic rings. The Kier molecular flexibility index (Phi) is 7.15. The molecule has 0 spiro atoms. The van der Waals surface area contributed by atoms with Crippen molar-refractivity contribution in [3.63, 3.8) is 0 Å². The summed E-state index contributed by atoms with van der Waals surface area (Å²) in [5, 5.41) is 5.80. The molecule has 0 bridgehead atoms. The zero-order valence-electron chi connectivity index (χ0n) is 16.2. The Labute approximate surface area is 177 Å². The lowest BCUT2D eigenvalue weighted by Crippen LogP contribution is -2.49. The Hall–Kier alpha value is -2.53. The second-order valence-electron chi connectivity index (χ2n) is 6.64. The monoisotopic (exact) mass is 468 g/mol. The number of ether oxygens (including phenoxy) is 2. The van der Waals surface area contributed by atoms with E-state index in [1.165, 1.54) is 0 Å². The van der Waals surface area contributed by atoms with Crippen LogP contribution in [-0.4, -0.2) is 81.9 Å². The van der Waals surface area contributed by atoms with Crippen LogP contribution in [0, 0.1) is 0 Å². The van der Waals surface area contributed by atoms with Crippen molar-refractivity contribution in [3.8, 4) is 0 Å². The second kappa shape index (κ2) is 9.79. The average Bonchev–Trinajstić information content (AvgIpc) is 3.16. The number of hydrogen-bond acceptors (Lipinski definition) is 8. The Bertz CT molecular complexity index is 782. The second-order valence-corrected chi connectivity index (χ2v) is 7.49. The van der Waals surface area contributed by atoms with Gasteiger partial charge in [-0.15, -0.1) is 0 Å². The maximum Gasteiger partial charge on any atom is 0.409 e. The Morgan fingerprint density at radius 2 is 2.10 bits per heavy atom. The van der Waals surface area contributed by atoms with Crippen molar-refractivity contribution in [2.45, 2.75) is 6.04 Å². The highest BCUT2D eigenvalue weighted by atomic mass is 79.9. The summed E-state index contributed by atoms with van der Waals surface area (Å²) >= 11 is 3.46. The quantitative estimate of drug-likeness (QED) is 0.521. The third-order valence-electron chi connectivity index (χ3n) is 4.66. The number of halogens is 1. The Balaban J connectivity index is 1.57. The summed E-state index contributed by atoms with van der Waals surface area (Å²) in [4.78, 5) is 32.3. The molecule has 0 radical (unpaired) electrons. The van der Waals surface area contributed by atoms with E-state index in [9.17, 15) is 9.59 Å². The third-order valence-corrected chi connectivity index (χ3v) is 5.35. The molecule has 1 unspecified atom stereocenters. The number of likely N-dealkylation sites (N-methyl/N-ethyl adjacent to an activating group) is 1. The molecule has 1 aromatic carbocycles. The number of nitrogens with one attached hydrogen (secondary N) is 2. The molecule has 0 aromatic heterocycles. The molecule has 4 N–H and O–H groups in total. The number of aliphatic imine (C=N–C) groups is 1. The number of carbonyl (C=O) groups excluding carboxylic acids is 2. The molecule has 2 heterocycles. The average molecular weight is 469 g/mol. The minimum absolute atomic E-state index is 0.0281. The van der Waals surface area contributed by atoms with Crippen molar-refractivity contribution in [2.24, 2.45) is 10.7 Å². The number of nitrogens with zero attached hydrogens (tertiary/aromatic N) is 3. The van der Waals surface area contributed by atoms with E-state index in [1.807, 2.05) is 25.2 Å². The van der Waals surface area contributed by atoms with Gasteiger partial charge in [0.05, 0.1) is 5.69 Å². The van der Waals surface area contributed by atoms with Crippen LogP contribution in [0.2, 0.25) is 0 Å². The molecular formula is C18H25BrN6O4. The van der Waals surface area contributed by atoms with Gasteiger partial charge >= 0.3 is 6.09 Å². The van der Waals surface area contributed by atoms with Crippen molar-refractivity contribution in [1.82, 2.24) is 10.2 Å². The number of piperazine rings is 1. The van der Waals surface area contributed by atoms with E-state index in [2.05, 4.69) is 36.5 Å². The van der Waals surface area contributed by atoms with Gasteiger partial charge in [-0.05, 0) is 41.2 Å². The summed E-state index contributed by atoms with van der Waals surface area (Å²) in [5.74, 6) is -0.280. The van der Waals surface area contributed by atoms with Crippen LogP contribution in [0.4, 0.5) is 16.2 Å². The maximum absolute atomic E-state index is 12.4. The molecule has 0 saturated carbocycles. The summed E-state index contributed by atoms with van der Waals surface area (Å²) < 4.78 is 11.0. The first-order valence-electron chi connectivity index (χ1n) is 9.35. The van der Waals surface area contributed by atoms with Crippen LogP contribution in [0.25, 0.3) is 0 Å². The first-order valence-corrected chi connectivity index (χ1v) is 10.1. The summed E-state index contributed by atoms with van der Waals surface area (Å²) in [5.41, 5.74) is 7.06. The number of benzene rings is 1. The number of amidine groups is 1. The molecule has 1 atom stereocenters. The van der Waals surface area contributed by atoms with Gasteiger partial charge in [0, 0.05) is 42.9 Å². The smallest absolute Gasteiger partial charge is 0.409 e. The molecule has 2 amide bonds. The Morgan fingerprint density at radius 1 is 1.34 bits per heavy atom. The lowest BCUT2D eigenvalue weighted by atomic mass is 10.2. The third kappa shape index (κ3) is 5.51. The van der Waals surface area contributed by atoms with E-state index in [0.717, 1.165) is 10.2 Å².